The lowest BCUT2D eigenvalue weighted by Gasteiger charge is -2.16. The Hall–Kier alpha value is -1.81. The van der Waals surface area contributed by atoms with Crippen molar-refractivity contribution < 1.29 is 0 Å². The number of pyridine rings is 1. The van der Waals surface area contributed by atoms with E-state index in [1.165, 1.54) is 23.9 Å². The van der Waals surface area contributed by atoms with E-state index in [-0.39, 0.29) is 0 Å². The van der Waals surface area contributed by atoms with Crippen molar-refractivity contribution in [1.82, 2.24) is 14.5 Å². The van der Waals surface area contributed by atoms with Crippen molar-refractivity contribution in [2.45, 2.75) is 30.3 Å². The average Bonchev–Trinajstić information content (AvgIpc) is 2.87. The Morgan fingerprint density at radius 3 is 3.05 bits per heavy atom. The molecule has 0 bridgehead atoms. The van der Waals surface area contributed by atoms with Crippen molar-refractivity contribution >= 4 is 22.8 Å². The Bertz CT molecular complexity index is 749. The third kappa shape index (κ3) is 2.00. The normalized spacial score (nSPS) is 13.8. The predicted molar refractivity (Wildman–Crippen MR) is 81.9 cm³/mol. The molecule has 0 saturated heterocycles. The minimum atomic E-state index is 0.874. The molecule has 20 heavy (non-hydrogen) atoms. The molecule has 0 unspecified atom stereocenters. The maximum Gasteiger partial charge on any atom is 0.169 e. The molecular formula is C16H15N3S. The van der Waals surface area contributed by atoms with Gasteiger partial charge in [0.1, 0.15) is 0 Å². The van der Waals surface area contributed by atoms with Crippen molar-refractivity contribution in [3.8, 4) is 0 Å². The Labute approximate surface area is 122 Å². The van der Waals surface area contributed by atoms with E-state index in [2.05, 4.69) is 33.8 Å². The van der Waals surface area contributed by atoms with Gasteiger partial charge in [-0.15, -0.1) is 0 Å². The van der Waals surface area contributed by atoms with Crippen LogP contribution in [0.25, 0.3) is 11.0 Å². The molecule has 0 aliphatic carbocycles. The van der Waals surface area contributed by atoms with Crippen LogP contribution in [0.5, 0.6) is 0 Å². The molecule has 0 saturated carbocycles. The number of nitrogens with zero attached hydrogens (tertiary/aromatic N) is 3. The minimum absolute atomic E-state index is 0.874. The Kier molecular flexibility index (Phi) is 2.96. The largest absolute Gasteiger partial charge is 0.319 e. The minimum Gasteiger partial charge on any atom is -0.319 e. The third-order valence-corrected chi connectivity index (χ3v) is 4.73. The summed E-state index contributed by atoms with van der Waals surface area (Å²) in [4.78, 5) is 9.17. The molecule has 0 atom stereocenters. The van der Waals surface area contributed by atoms with Gasteiger partial charge in [0.05, 0.1) is 16.7 Å². The summed E-state index contributed by atoms with van der Waals surface area (Å²) in [6.45, 7) is 1.08. The average molecular weight is 281 g/mol. The van der Waals surface area contributed by atoms with Crippen molar-refractivity contribution in [2.75, 3.05) is 0 Å². The molecule has 1 aliphatic heterocycles. The number of aromatic nitrogens is 3. The van der Waals surface area contributed by atoms with Crippen molar-refractivity contribution in [1.29, 1.82) is 0 Å². The highest BCUT2D eigenvalue weighted by molar-refractivity contribution is 7.98. The van der Waals surface area contributed by atoms with Crippen LogP contribution in [0.3, 0.4) is 0 Å². The summed E-state index contributed by atoms with van der Waals surface area (Å²) in [6, 6.07) is 12.5. The van der Waals surface area contributed by atoms with Crippen LogP contribution in [-0.2, 0) is 18.7 Å². The molecule has 3 heterocycles. The van der Waals surface area contributed by atoms with Gasteiger partial charge in [0.15, 0.2) is 5.16 Å². The first-order chi connectivity index (χ1) is 9.92. The Morgan fingerprint density at radius 2 is 2.15 bits per heavy atom. The first-order valence-electron chi connectivity index (χ1n) is 6.93. The van der Waals surface area contributed by atoms with Gasteiger partial charge >= 0.3 is 0 Å². The first-order valence-corrected chi connectivity index (χ1v) is 7.91. The fourth-order valence-corrected chi connectivity index (χ4v) is 3.76. The van der Waals surface area contributed by atoms with Gasteiger partial charge < -0.3 is 4.57 Å². The summed E-state index contributed by atoms with van der Waals surface area (Å²) < 4.78 is 2.38. The number of thioether (sulfide) groups is 1. The zero-order chi connectivity index (χ0) is 13.4. The summed E-state index contributed by atoms with van der Waals surface area (Å²) in [5, 5.41) is 1.12. The summed E-state index contributed by atoms with van der Waals surface area (Å²) in [5.41, 5.74) is 5.01. The van der Waals surface area contributed by atoms with Crippen LogP contribution >= 0.6 is 11.8 Å². The van der Waals surface area contributed by atoms with Crippen LogP contribution in [0.2, 0.25) is 0 Å². The molecule has 0 fully saturated rings. The number of hydrogen-bond acceptors (Lipinski definition) is 3. The zero-order valence-corrected chi connectivity index (χ0v) is 11.9. The molecule has 3 nitrogen and oxygen atoms in total. The molecule has 0 spiro atoms. The SMILES string of the molecule is c1ccc(CSc2nc3cccc4c3n2CCC4)nc1. The summed E-state index contributed by atoms with van der Waals surface area (Å²) in [6.07, 6.45) is 4.23. The lowest BCUT2D eigenvalue weighted by atomic mass is 10.1. The fraction of sp³-hybridized carbons (Fsp3) is 0.250. The Morgan fingerprint density at radius 1 is 1.15 bits per heavy atom. The number of hydrogen-bond donors (Lipinski definition) is 0. The molecule has 1 aliphatic rings. The van der Waals surface area contributed by atoms with Crippen molar-refractivity contribution in [3.63, 3.8) is 0 Å². The third-order valence-electron chi connectivity index (χ3n) is 3.72. The van der Waals surface area contributed by atoms with E-state index in [4.69, 9.17) is 4.98 Å². The van der Waals surface area contributed by atoms with E-state index < -0.39 is 0 Å². The van der Waals surface area contributed by atoms with Crippen LogP contribution in [0.15, 0.2) is 47.8 Å². The molecular weight excluding hydrogens is 266 g/mol. The summed E-state index contributed by atoms with van der Waals surface area (Å²) in [5.74, 6) is 0.874. The molecule has 2 aromatic heterocycles. The van der Waals surface area contributed by atoms with E-state index in [1.807, 2.05) is 18.3 Å². The van der Waals surface area contributed by atoms with E-state index in [1.54, 1.807) is 11.8 Å². The van der Waals surface area contributed by atoms with Crippen molar-refractivity contribution in [2.24, 2.45) is 0 Å². The predicted octanol–water partition coefficient (Wildman–Crippen LogP) is 3.67. The molecule has 3 aromatic rings. The van der Waals surface area contributed by atoms with E-state index in [0.717, 1.165) is 28.7 Å². The van der Waals surface area contributed by atoms with Crippen LogP contribution in [0.1, 0.15) is 17.7 Å². The number of para-hydroxylation sites is 1. The molecule has 4 rings (SSSR count). The maximum atomic E-state index is 4.80. The highest BCUT2D eigenvalue weighted by Crippen LogP contribution is 2.31. The van der Waals surface area contributed by atoms with E-state index >= 15 is 0 Å². The molecule has 4 heteroatoms. The highest BCUT2D eigenvalue weighted by Gasteiger charge is 2.17. The number of rotatable bonds is 3. The molecule has 100 valence electrons. The van der Waals surface area contributed by atoms with Gasteiger partial charge in [-0.2, -0.15) is 0 Å². The number of aryl methyl sites for hydroxylation is 2. The lowest BCUT2D eigenvalue weighted by Crippen LogP contribution is -2.08. The van der Waals surface area contributed by atoms with Gasteiger partial charge in [0, 0.05) is 18.5 Å². The van der Waals surface area contributed by atoms with Gasteiger partial charge in [-0.25, -0.2) is 4.98 Å². The smallest absolute Gasteiger partial charge is 0.169 e. The van der Waals surface area contributed by atoms with Gasteiger partial charge in [0.25, 0.3) is 0 Å². The van der Waals surface area contributed by atoms with Crippen molar-refractivity contribution in [3.05, 3.63) is 53.9 Å². The van der Waals surface area contributed by atoms with Gasteiger partial charge in [0.2, 0.25) is 0 Å². The van der Waals surface area contributed by atoms with Crippen LogP contribution < -0.4 is 0 Å². The molecule has 0 N–H and O–H groups in total. The second-order valence-corrected chi connectivity index (χ2v) is 5.99. The zero-order valence-electron chi connectivity index (χ0n) is 11.1. The summed E-state index contributed by atoms with van der Waals surface area (Å²) in [7, 11) is 0. The molecule has 1 aromatic carbocycles. The topological polar surface area (TPSA) is 30.7 Å². The fourth-order valence-electron chi connectivity index (χ4n) is 2.81. The Balaban J connectivity index is 1.69. The second-order valence-electron chi connectivity index (χ2n) is 5.04. The van der Waals surface area contributed by atoms with Crippen LogP contribution in [0.4, 0.5) is 0 Å². The quantitative estimate of drug-likeness (QED) is 0.686. The van der Waals surface area contributed by atoms with Crippen LogP contribution in [-0.4, -0.2) is 14.5 Å². The summed E-state index contributed by atoms with van der Waals surface area (Å²) >= 11 is 1.78. The van der Waals surface area contributed by atoms with Gasteiger partial charge in [-0.3, -0.25) is 4.98 Å². The highest BCUT2D eigenvalue weighted by atomic mass is 32.2. The number of benzene rings is 1. The van der Waals surface area contributed by atoms with E-state index in [9.17, 15) is 0 Å². The first kappa shape index (κ1) is 12.0. The molecule has 0 amide bonds. The van der Waals surface area contributed by atoms with E-state index in [0.29, 0.717) is 0 Å². The maximum absolute atomic E-state index is 4.80. The molecule has 0 radical (unpaired) electrons. The monoisotopic (exact) mass is 281 g/mol. The van der Waals surface area contributed by atoms with Gasteiger partial charge in [-0.1, -0.05) is 30.0 Å². The number of imidazole rings is 1. The standard InChI is InChI=1S/C16H15N3S/c1-2-9-17-13(7-1)11-20-16-18-14-8-3-5-12-6-4-10-19(16)15(12)14/h1-3,5,7-9H,4,6,10-11H2. The second kappa shape index (κ2) is 4.94. The van der Waals surface area contributed by atoms with Gasteiger partial charge in [-0.05, 0) is 36.6 Å². The lowest BCUT2D eigenvalue weighted by molar-refractivity contribution is 0.588. The van der Waals surface area contributed by atoms with Crippen LogP contribution in [0, 0.1) is 0 Å².